The first kappa shape index (κ1) is 14.6. The number of hydrogen-bond donors (Lipinski definition) is 2. The van der Waals surface area contributed by atoms with Crippen molar-refractivity contribution < 1.29 is 14.7 Å². The lowest BCUT2D eigenvalue weighted by Crippen LogP contribution is -2.43. The van der Waals surface area contributed by atoms with Crippen molar-refractivity contribution >= 4 is 11.9 Å². The molecule has 0 atom stereocenters. The summed E-state index contributed by atoms with van der Waals surface area (Å²) in [6.45, 7) is 2.47. The molecule has 108 valence electrons. The number of carboxylic acids is 1. The zero-order valence-corrected chi connectivity index (χ0v) is 11.8. The molecule has 1 aromatic carbocycles. The van der Waals surface area contributed by atoms with Gasteiger partial charge in [0.1, 0.15) is 0 Å². The Morgan fingerprint density at radius 2 is 2.10 bits per heavy atom. The van der Waals surface area contributed by atoms with Crippen LogP contribution in [0.3, 0.4) is 0 Å². The minimum absolute atomic E-state index is 0.0349. The van der Waals surface area contributed by atoms with Crippen molar-refractivity contribution in [3.8, 4) is 0 Å². The van der Waals surface area contributed by atoms with Crippen LogP contribution in [0.25, 0.3) is 0 Å². The fourth-order valence-corrected chi connectivity index (χ4v) is 2.77. The van der Waals surface area contributed by atoms with Crippen molar-refractivity contribution in [2.75, 3.05) is 6.54 Å². The van der Waals surface area contributed by atoms with E-state index in [0.29, 0.717) is 13.0 Å². The van der Waals surface area contributed by atoms with E-state index in [1.54, 1.807) is 0 Å². The molecule has 1 aromatic rings. The highest BCUT2D eigenvalue weighted by Gasteiger charge is 2.39. The predicted molar refractivity (Wildman–Crippen MR) is 76.4 cm³/mol. The van der Waals surface area contributed by atoms with Gasteiger partial charge in [-0.15, -0.1) is 0 Å². The maximum Gasteiger partial charge on any atom is 0.303 e. The van der Waals surface area contributed by atoms with Crippen molar-refractivity contribution in [3.05, 3.63) is 35.4 Å². The number of nitrogens with one attached hydrogen (secondary N) is 1. The number of benzene rings is 1. The molecule has 2 N–H and O–H groups in total. The molecule has 2 rings (SSSR count). The molecule has 0 unspecified atom stereocenters. The van der Waals surface area contributed by atoms with E-state index in [-0.39, 0.29) is 17.7 Å². The fraction of sp³-hybridized carbons (Fsp3) is 0.500. The summed E-state index contributed by atoms with van der Waals surface area (Å²) in [4.78, 5) is 22.8. The van der Waals surface area contributed by atoms with Gasteiger partial charge in [-0.2, -0.15) is 0 Å². The highest BCUT2D eigenvalue weighted by Crippen LogP contribution is 2.43. The zero-order chi connectivity index (χ0) is 14.6. The van der Waals surface area contributed by atoms with Crippen LogP contribution in [0.1, 0.15) is 36.8 Å². The number of aryl methyl sites for hydroxylation is 1. The molecule has 1 aliphatic carbocycles. The highest BCUT2D eigenvalue weighted by atomic mass is 16.4. The largest absolute Gasteiger partial charge is 0.481 e. The van der Waals surface area contributed by atoms with E-state index in [2.05, 4.69) is 5.32 Å². The van der Waals surface area contributed by atoms with E-state index in [1.807, 2.05) is 31.2 Å². The molecule has 1 fully saturated rings. The molecule has 4 nitrogen and oxygen atoms in total. The summed E-state index contributed by atoms with van der Waals surface area (Å²) < 4.78 is 0. The van der Waals surface area contributed by atoms with Gasteiger partial charge >= 0.3 is 5.97 Å². The van der Waals surface area contributed by atoms with Gasteiger partial charge in [0, 0.05) is 6.54 Å². The first-order chi connectivity index (χ1) is 9.49. The fourth-order valence-electron chi connectivity index (χ4n) is 2.77. The summed E-state index contributed by atoms with van der Waals surface area (Å²) >= 11 is 0. The lowest BCUT2D eigenvalue weighted by atomic mass is 9.66. The second kappa shape index (κ2) is 6.07. The Morgan fingerprint density at radius 3 is 2.65 bits per heavy atom. The van der Waals surface area contributed by atoms with Crippen molar-refractivity contribution in [1.82, 2.24) is 5.32 Å². The lowest BCUT2D eigenvalue weighted by molar-refractivity contribution is -0.141. The molecule has 0 aromatic heterocycles. The number of rotatable bonds is 6. The molecule has 0 spiro atoms. The molecule has 0 radical (unpaired) electrons. The van der Waals surface area contributed by atoms with Crippen molar-refractivity contribution in [2.24, 2.45) is 5.41 Å². The smallest absolute Gasteiger partial charge is 0.303 e. The summed E-state index contributed by atoms with van der Waals surface area (Å²) in [6.07, 6.45) is 3.34. The topological polar surface area (TPSA) is 66.4 Å². The van der Waals surface area contributed by atoms with Crippen LogP contribution >= 0.6 is 0 Å². The molecule has 0 heterocycles. The van der Waals surface area contributed by atoms with E-state index in [1.165, 1.54) is 0 Å². The molecule has 1 aliphatic rings. The summed E-state index contributed by atoms with van der Waals surface area (Å²) in [7, 11) is 0. The van der Waals surface area contributed by atoms with Gasteiger partial charge in [-0.3, -0.25) is 9.59 Å². The third kappa shape index (κ3) is 3.83. The third-order valence-electron chi connectivity index (χ3n) is 4.05. The number of amides is 1. The van der Waals surface area contributed by atoms with Gasteiger partial charge in [-0.25, -0.2) is 0 Å². The van der Waals surface area contributed by atoms with E-state index >= 15 is 0 Å². The van der Waals surface area contributed by atoms with Gasteiger partial charge in [0.2, 0.25) is 5.91 Å². The molecule has 0 saturated heterocycles. The average molecular weight is 275 g/mol. The van der Waals surface area contributed by atoms with E-state index in [9.17, 15) is 9.59 Å². The lowest BCUT2D eigenvalue weighted by Gasteiger charge is -2.40. The molecule has 0 aliphatic heterocycles. The van der Waals surface area contributed by atoms with Crippen LogP contribution in [0.4, 0.5) is 0 Å². The van der Waals surface area contributed by atoms with Crippen LogP contribution in [-0.2, 0) is 16.0 Å². The first-order valence-corrected chi connectivity index (χ1v) is 7.03. The normalized spacial score (nSPS) is 16.2. The Bertz CT molecular complexity index is 506. The second-order valence-electron chi connectivity index (χ2n) is 5.87. The van der Waals surface area contributed by atoms with Gasteiger partial charge in [0.15, 0.2) is 0 Å². The second-order valence-corrected chi connectivity index (χ2v) is 5.87. The van der Waals surface area contributed by atoms with Crippen LogP contribution in [0, 0.1) is 12.3 Å². The number of aliphatic carboxylic acids is 1. The van der Waals surface area contributed by atoms with E-state index in [4.69, 9.17) is 5.11 Å². The summed E-state index contributed by atoms with van der Waals surface area (Å²) in [5.74, 6) is -0.815. The summed E-state index contributed by atoms with van der Waals surface area (Å²) in [5, 5.41) is 11.8. The van der Waals surface area contributed by atoms with Gasteiger partial charge in [-0.05, 0) is 30.7 Å². The maximum absolute atomic E-state index is 11.9. The van der Waals surface area contributed by atoms with Crippen LogP contribution < -0.4 is 5.32 Å². The minimum atomic E-state index is -0.780. The minimum Gasteiger partial charge on any atom is -0.481 e. The SMILES string of the molecule is Cc1cccc(CC(=O)NCC2(CC(=O)O)CCC2)c1. The molecule has 1 saturated carbocycles. The van der Waals surface area contributed by atoms with Crippen LogP contribution in [0.2, 0.25) is 0 Å². The number of hydrogen-bond acceptors (Lipinski definition) is 2. The quantitative estimate of drug-likeness (QED) is 0.837. The van der Waals surface area contributed by atoms with E-state index in [0.717, 1.165) is 30.4 Å². The number of carbonyl (C=O) groups excluding carboxylic acids is 1. The highest BCUT2D eigenvalue weighted by molar-refractivity contribution is 5.78. The van der Waals surface area contributed by atoms with Gasteiger partial charge in [0.05, 0.1) is 12.8 Å². The van der Waals surface area contributed by atoms with Crippen molar-refractivity contribution in [1.29, 1.82) is 0 Å². The number of carboxylic acid groups (broad SMARTS) is 1. The third-order valence-corrected chi connectivity index (χ3v) is 4.05. The Morgan fingerprint density at radius 1 is 1.35 bits per heavy atom. The average Bonchev–Trinajstić information content (AvgIpc) is 2.32. The molecule has 20 heavy (non-hydrogen) atoms. The van der Waals surface area contributed by atoms with Crippen LogP contribution in [0.15, 0.2) is 24.3 Å². The van der Waals surface area contributed by atoms with Crippen molar-refractivity contribution in [2.45, 2.75) is 39.0 Å². The van der Waals surface area contributed by atoms with Gasteiger partial charge < -0.3 is 10.4 Å². The van der Waals surface area contributed by atoms with Gasteiger partial charge in [0.25, 0.3) is 0 Å². The first-order valence-electron chi connectivity index (χ1n) is 7.03. The van der Waals surface area contributed by atoms with Crippen LogP contribution in [-0.4, -0.2) is 23.5 Å². The van der Waals surface area contributed by atoms with Gasteiger partial charge in [-0.1, -0.05) is 36.2 Å². The molecule has 1 amide bonds. The summed E-state index contributed by atoms with van der Waals surface area (Å²) in [6, 6.07) is 7.87. The Balaban J connectivity index is 1.84. The molecule has 4 heteroatoms. The van der Waals surface area contributed by atoms with Crippen LogP contribution in [0.5, 0.6) is 0 Å². The Kier molecular flexibility index (Phi) is 4.42. The molecule has 0 bridgehead atoms. The van der Waals surface area contributed by atoms with E-state index < -0.39 is 5.97 Å². The number of carbonyl (C=O) groups is 2. The monoisotopic (exact) mass is 275 g/mol. The summed E-state index contributed by atoms with van der Waals surface area (Å²) in [5.41, 5.74) is 1.91. The standard InChI is InChI=1S/C16H21NO3/c1-12-4-2-5-13(8-12)9-14(18)17-11-16(6-3-7-16)10-15(19)20/h2,4-5,8H,3,6-7,9-11H2,1H3,(H,17,18)(H,19,20). The predicted octanol–water partition coefficient (Wildman–Crippen LogP) is 2.30. The maximum atomic E-state index is 11.9. The Labute approximate surface area is 119 Å². The molecular formula is C16H21NO3. The zero-order valence-electron chi connectivity index (χ0n) is 11.8. The molecular weight excluding hydrogens is 254 g/mol. The Hall–Kier alpha value is -1.84. The van der Waals surface area contributed by atoms with Crippen molar-refractivity contribution in [3.63, 3.8) is 0 Å².